The van der Waals surface area contributed by atoms with Crippen LogP contribution in [0, 0.1) is 11.3 Å². The van der Waals surface area contributed by atoms with Gasteiger partial charge in [-0.2, -0.15) is 12.7 Å². The topological polar surface area (TPSA) is 61.4 Å². The highest BCUT2D eigenvalue weighted by Crippen LogP contribution is 2.48. The second kappa shape index (κ2) is 6.73. The van der Waals surface area contributed by atoms with Crippen molar-refractivity contribution >= 4 is 10.2 Å². The van der Waals surface area contributed by atoms with E-state index in [9.17, 15) is 8.42 Å². The zero-order valence-corrected chi connectivity index (χ0v) is 13.6. The normalized spacial score (nSPS) is 26.6. The van der Waals surface area contributed by atoms with Crippen molar-refractivity contribution in [2.75, 3.05) is 32.7 Å². The van der Waals surface area contributed by atoms with E-state index in [1.165, 1.54) is 0 Å². The van der Waals surface area contributed by atoms with Gasteiger partial charge in [0.05, 0.1) is 0 Å². The summed E-state index contributed by atoms with van der Waals surface area (Å²) < 4.78 is 29.3. The molecule has 2 fully saturated rings. The van der Waals surface area contributed by atoms with Crippen LogP contribution in [0.5, 0.6) is 0 Å². The molecule has 0 aromatic carbocycles. The minimum Gasteiger partial charge on any atom is -0.317 e. The fourth-order valence-electron chi connectivity index (χ4n) is 2.93. The Morgan fingerprint density at radius 1 is 1.30 bits per heavy atom. The van der Waals surface area contributed by atoms with Crippen LogP contribution in [0.1, 0.15) is 46.0 Å². The predicted molar refractivity (Wildman–Crippen MR) is 81.7 cm³/mol. The number of piperidine rings is 1. The zero-order chi connectivity index (χ0) is 14.6. The summed E-state index contributed by atoms with van der Waals surface area (Å²) in [5.74, 6) is 0.446. The Morgan fingerprint density at radius 3 is 2.65 bits per heavy atom. The molecule has 2 aliphatic rings. The largest absolute Gasteiger partial charge is 0.317 e. The standard InChI is InChI=1S/C14H29N3O2S/c1-3-14(7-8-14)12-16-20(18,19)17-9-5-6-13(11-17)10-15-4-2/h13,15-16H,3-12H2,1-2H3. The Balaban J connectivity index is 1.84. The van der Waals surface area contributed by atoms with Crippen molar-refractivity contribution in [2.24, 2.45) is 11.3 Å². The van der Waals surface area contributed by atoms with Crippen LogP contribution in [-0.4, -0.2) is 45.4 Å². The van der Waals surface area contributed by atoms with Gasteiger partial charge in [-0.25, -0.2) is 4.72 Å². The van der Waals surface area contributed by atoms with Crippen LogP contribution < -0.4 is 10.0 Å². The van der Waals surface area contributed by atoms with E-state index in [2.05, 4.69) is 23.9 Å². The summed E-state index contributed by atoms with van der Waals surface area (Å²) in [5.41, 5.74) is 0.256. The molecule has 0 spiro atoms. The summed E-state index contributed by atoms with van der Waals surface area (Å²) in [6.07, 6.45) is 5.48. The monoisotopic (exact) mass is 303 g/mol. The smallest absolute Gasteiger partial charge is 0.279 e. The zero-order valence-electron chi connectivity index (χ0n) is 12.8. The van der Waals surface area contributed by atoms with Crippen LogP contribution in [-0.2, 0) is 10.2 Å². The number of hydrogen-bond donors (Lipinski definition) is 2. The van der Waals surface area contributed by atoms with Gasteiger partial charge in [-0.15, -0.1) is 0 Å². The number of nitrogens with zero attached hydrogens (tertiary/aromatic N) is 1. The first-order chi connectivity index (χ1) is 9.51. The molecule has 0 bridgehead atoms. The maximum atomic E-state index is 12.4. The first kappa shape index (κ1) is 16.2. The second-order valence-electron chi connectivity index (χ2n) is 6.35. The van der Waals surface area contributed by atoms with Crippen LogP contribution in [0.2, 0.25) is 0 Å². The lowest BCUT2D eigenvalue weighted by Crippen LogP contribution is -2.48. The molecule has 0 radical (unpaired) electrons. The van der Waals surface area contributed by atoms with Crippen LogP contribution in [0.4, 0.5) is 0 Å². The van der Waals surface area contributed by atoms with Crippen molar-refractivity contribution in [1.29, 1.82) is 0 Å². The molecular formula is C14H29N3O2S. The number of rotatable bonds is 8. The Morgan fingerprint density at radius 2 is 2.05 bits per heavy atom. The molecule has 0 amide bonds. The van der Waals surface area contributed by atoms with E-state index < -0.39 is 10.2 Å². The summed E-state index contributed by atoms with van der Waals surface area (Å²) in [5, 5.41) is 3.32. The maximum Gasteiger partial charge on any atom is 0.279 e. The lowest BCUT2D eigenvalue weighted by Gasteiger charge is -2.32. The molecule has 1 aliphatic carbocycles. The quantitative estimate of drug-likeness (QED) is 0.711. The lowest BCUT2D eigenvalue weighted by atomic mass is 10.00. The van der Waals surface area contributed by atoms with E-state index in [1.807, 2.05) is 0 Å². The third kappa shape index (κ3) is 4.16. The fourth-order valence-corrected chi connectivity index (χ4v) is 4.38. The Hall–Kier alpha value is -0.170. The molecule has 0 aromatic rings. The van der Waals surface area contributed by atoms with Gasteiger partial charge in [0.15, 0.2) is 0 Å². The van der Waals surface area contributed by atoms with Crippen molar-refractivity contribution in [1.82, 2.24) is 14.3 Å². The molecule has 6 heteroatoms. The van der Waals surface area contributed by atoms with Crippen LogP contribution in [0.3, 0.4) is 0 Å². The minimum absolute atomic E-state index is 0.256. The van der Waals surface area contributed by atoms with Gasteiger partial charge < -0.3 is 5.32 Å². The average molecular weight is 303 g/mol. The van der Waals surface area contributed by atoms with E-state index >= 15 is 0 Å². The van der Waals surface area contributed by atoms with E-state index in [-0.39, 0.29) is 5.41 Å². The summed E-state index contributed by atoms with van der Waals surface area (Å²) >= 11 is 0. The molecule has 1 saturated heterocycles. The summed E-state index contributed by atoms with van der Waals surface area (Å²) in [6.45, 7) is 8.02. The molecule has 1 atom stereocenters. The van der Waals surface area contributed by atoms with Crippen LogP contribution in [0.25, 0.3) is 0 Å². The van der Waals surface area contributed by atoms with Gasteiger partial charge in [-0.3, -0.25) is 0 Å². The molecule has 1 aliphatic heterocycles. The summed E-state index contributed by atoms with van der Waals surface area (Å²) in [4.78, 5) is 0. The Labute approximate surface area is 123 Å². The van der Waals surface area contributed by atoms with Crippen molar-refractivity contribution in [3.63, 3.8) is 0 Å². The van der Waals surface area contributed by atoms with Crippen LogP contribution >= 0.6 is 0 Å². The average Bonchev–Trinajstić information content (AvgIpc) is 3.24. The maximum absolute atomic E-state index is 12.4. The highest BCUT2D eigenvalue weighted by atomic mass is 32.2. The van der Waals surface area contributed by atoms with Gasteiger partial charge in [0.1, 0.15) is 0 Å². The SMILES string of the molecule is CCNCC1CCCN(S(=O)(=O)NCC2(CC)CC2)C1. The third-order valence-corrected chi connectivity index (χ3v) is 6.36. The molecule has 1 unspecified atom stereocenters. The first-order valence-corrected chi connectivity index (χ1v) is 9.41. The lowest BCUT2D eigenvalue weighted by molar-refractivity contribution is 0.257. The van der Waals surface area contributed by atoms with Crippen molar-refractivity contribution in [3.8, 4) is 0 Å². The molecule has 2 rings (SSSR count). The number of hydrogen-bond acceptors (Lipinski definition) is 3. The van der Waals surface area contributed by atoms with Gasteiger partial charge in [0, 0.05) is 19.6 Å². The molecule has 118 valence electrons. The molecule has 1 saturated carbocycles. The van der Waals surface area contributed by atoms with Gasteiger partial charge in [-0.1, -0.05) is 13.8 Å². The molecule has 20 heavy (non-hydrogen) atoms. The molecular weight excluding hydrogens is 274 g/mol. The Bertz CT molecular complexity index is 407. The van der Waals surface area contributed by atoms with Crippen LogP contribution in [0.15, 0.2) is 0 Å². The summed E-state index contributed by atoms with van der Waals surface area (Å²) in [6, 6.07) is 0. The molecule has 1 heterocycles. The molecule has 5 nitrogen and oxygen atoms in total. The fraction of sp³-hybridized carbons (Fsp3) is 1.00. The minimum atomic E-state index is -3.29. The summed E-state index contributed by atoms with van der Waals surface area (Å²) in [7, 11) is -3.29. The van der Waals surface area contributed by atoms with Gasteiger partial charge >= 0.3 is 0 Å². The van der Waals surface area contributed by atoms with E-state index in [0.717, 1.165) is 45.2 Å². The van der Waals surface area contributed by atoms with Gasteiger partial charge in [-0.05, 0) is 56.5 Å². The van der Waals surface area contributed by atoms with E-state index in [1.54, 1.807) is 4.31 Å². The third-order valence-electron chi connectivity index (χ3n) is 4.84. The number of nitrogens with one attached hydrogen (secondary N) is 2. The van der Waals surface area contributed by atoms with Crippen molar-refractivity contribution in [2.45, 2.75) is 46.0 Å². The molecule has 0 aromatic heterocycles. The van der Waals surface area contributed by atoms with Gasteiger partial charge in [0.2, 0.25) is 0 Å². The predicted octanol–water partition coefficient (Wildman–Crippen LogP) is 1.33. The van der Waals surface area contributed by atoms with Gasteiger partial charge in [0.25, 0.3) is 10.2 Å². The van der Waals surface area contributed by atoms with E-state index in [0.29, 0.717) is 25.6 Å². The van der Waals surface area contributed by atoms with Crippen molar-refractivity contribution in [3.05, 3.63) is 0 Å². The second-order valence-corrected chi connectivity index (χ2v) is 8.11. The van der Waals surface area contributed by atoms with Crippen molar-refractivity contribution < 1.29 is 8.42 Å². The highest BCUT2D eigenvalue weighted by molar-refractivity contribution is 7.87. The molecule has 2 N–H and O–H groups in total. The first-order valence-electron chi connectivity index (χ1n) is 7.97. The Kier molecular flexibility index (Phi) is 5.45. The van der Waals surface area contributed by atoms with E-state index in [4.69, 9.17) is 0 Å². The highest BCUT2D eigenvalue weighted by Gasteiger charge is 2.42.